The van der Waals surface area contributed by atoms with Crippen LogP contribution in [0.4, 0.5) is 0 Å². The van der Waals surface area contributed by atoms with Gasteiger partial charge in [0, 0.05) is 30.4 Å². The smallest absolute Gasteiger partial charge is 0.339 e. The third kappa shape index (κ3) is 2.75. The summed E-state index contributed by atoms with van der Waals surface area (Å²) >= 11 is 0. The van der Waals surface area contributed by atoms with Gasteiger partial charge in [0.2, 0.25) is 0 Å². The molecule has 0 saturated heterocycles. The summed E-state index contributed by atoms with van der Waals surface area (Å²) in [6.07, 6.45) is 0. The Morgan fingerprint density at radius 1 is 0.853 bits per heavy atom. The van der Waals surface area contributed by atoms with Gasteiger partial charge in [0.25, 0.3) is 23.6 Å². The molecule has 0 N–H and O–H groups in total. The summed E-state index contributed by atoms with van der Waals surface area (Å²) < 4.78 is 5.42. The molecule has 0 unspecified atom stereocenters. The Kier molecular flexibility index (Phi) is 4.55. The summed E-state index contributed by atoms with van der Waals surface area (Å²) in [5, 5.41) is 9.68. The SMILES string of the molecule is CN1C(=O)c2cc(C(=O)OCc3ccccc3)c3c4c(cc(C#N)c(c24)C1=O)C(=O)N(C)C3=O. The lowest BCUT2D eigenvalue weighted by Gasteiger charge is -2.31. The van der Waals surface area contributed by atoms with Crippen LogP contribution in [0.2, 0.25) is 0 Å². The molecule has 0 atom stereocenters. The van der Waals surface area contributed by atoms with Crippen LogP contribution >= 0.6 is 0 Å². The minimum Gasteiger partial charge on any atom is -0.457 e. The Hall–Kier alpha value is -4.84. The quantitative estimate of drug-likeness (QED) is 0.441. The molecule has 2 heterocycles. The molecule has 0 spiro atoms. The van der Waals surface area contributed by atoms with Crippen LogP contribution in [0, 0.1) is 11.3 Å². The summed E-state index contributed by atoms with van der Waals surface area (Å²) in [5.74, 6) is -3.80. The molecule has 3 aromatic carbocycles. The van der Waals surface area contributed by atoms with Crippen LogP contribution in [0.5, 0.6) is 0 Å². The average molecular weight is 453 g/mol. The maximum Gasteiger partial charge on any atom is 0.339 e. The highest BCUT2D eigenvalue weighted by atomic mass is 16.5. The maximum absolute atomic E-state index is 13.2. The predicted octanol–water partition coefficient (Wildman–Crippen LogP) is 2.52. The number of ether oxygens (including phenoxy) is 1. The van der Waals surface area contributed by atoms with Gasteiger partial charge < -0.3 is 4.74 Å². The second kappa shape index (κ2) is 7.35. The van der Waals surface area contributed by atoms with E-state index in [1.54, 1.807) is 24.3 Å². The van der Waals surface area contributed by atoms with Crippen molar-refractivity contribution < 1.29 is 28.7 Å². The summed E-state index contributed by atoms with van der Waals surface area (Å²) in [7, 11) is 2.51. The maximum atomic E-state index is 13.2. The van der Waals surface area contributed by atoms with Crippen molar-refractivity contribution in [1.29, 1.82) is 5.26 Å². The third-order valence-corrected chi connectivity index (χ3v) is 6.06. The molecule has 9 heteroatoms. The zero-order chi connectivity index (χ0) is 24.3. The van der Waals surface area contributed by atoms with Crippen LogP contribution in [0.25, 0.3) is 10.8 Å². The molecule has 34 heavy (non-hydrogen) atoms. The summed E-state index contributed by atoms with van der Waals surface area (Å²) in [4.78, 5) is 66.8. The van der Waals surface area contributed by atoms with Crippen LogP contribution in [0.1, 0.15) is 62.9 Å². The molecule has 2 aliphatic rings. The molecular formula is C25H15N3O6. The van der Waals surface area contributed by atoms with E-state index in [1.807, 2.05) is 12.1 Å². The normalized spacial score (nSPS) is 14.5. The van der Waals surface area contributed by atoms with E-state index < -0.39 is 29.6 Å². The molecule has 4 amide bonds. The fraction of sp³-hybridized carbons (Fsp3) is 0.120. The van der Waals surface area contributed by atoms with Gasteiger partial charge in [-0.15, -0.1) is 0 Å². The van der Waals surface area contributed by atoms with Crippen molar-refractivity contribution in [3.8, 4) is 6.07 Å². The molecule has 0 radical (unpaired) electrons. The Morgan fingerprint density at radius 3 is 2.03 bits per heavy atom. The Labute approximate surface area is 192 Å². The summed E-state index contributed by atoms with van der Waals surface area (Å²) in [5.41, 5.74) is 0.0694. The van der Waals surface area contributed by atoms with Crippen LogP contribution < -0.4 is 0 Å². The molecule has 0 saturated carbocycles. The van der Waals surface area contributed by atoms with E-state index in [2.05, 4.69) is 0 Å². The number of carbonyl (C=O) groups is 5. The molecule has 9 nitrogen and oxygen atoms in total. The Bertz CT molecular complexity index is 1530. The highest BCUT2D eigenvalue weighted by Gasteiger charge is 2.42. The van der Waals surface area contributed by atoms with Gasteiger partial charge in [-0.3, -0.25) is 29.0 Å². The third-order valence-electron chi connectivity index (χ3n) is 6.06. The number of nitriles is 1. The number of imide groups is 2. The van der Waals surface area contributed by atoms with Gasteiger partial charge in [0.1, 0.15) is 12.7 Å². The first kappa shape index (κ1) is 21.0. The second-order valence-corrected chi connectivity index (χ2v) is 7.96. The average Bonchev–Trinajstić information content (AvgIpc) is 2.86. The molecule has 0 fully saturated rings. The van der Waals surface area contributed by atoms with E-state index in [1.165, 1.54) is 26.2 Å². The van der Waals surface area contributed by atoms with Crippen molar-refractivity contribution in [2.45, 2.75) is 6.61 Å². The first-order chi connectivity index (χ1) is 16.3. The van der Waals surface area contributed by atoms with Crippen LogP contribution in [0.3, 0.4) is 0 Å². The van der Waals surface area contributed by atoms with Crippen molar-refractivity contribution in [3.63, 3.8) is 0 Å². The first-order valence-electron chi connectivity index (χ1n) is 10.2. The van der Waals surface area contributed by atoms with Gasteiger partial charge >= 0.3 is 5.97 Å². The molecule has 3 aromatic rings. The molecule has 0 bridgehead atoms. The summed E-state index contributed by atoms with van der Waals surface area (Å²) in [6.45, 7) is -0.0761. The fourth-order valence-electron chi connectivity index (χ4n) is 4.35. The van der Waals surface area contributed by atoms with E-state index >= 15 is 0 Å². The highest BCUT2D eigenvalue weighted by molar-refractivity contribution is 6.35. The van der Waals surface area contributed by atoms with Crippen molar-refractivity contribution in [3.05, 3.63) is 81.4 Å². The fourth-order valence-corrected chi connectivity index (χ4v) is 4.35. The predicted molar refractivity (Wildman–Crippen MR) is 117 cm³/mol. The number of carbonyl (C=O) groups excluding carboxylic acids is 5. The molecule has 0 aromatic heterocycles. The van der Waals surface area contributed by atoms with Gasteiger partial charge in [-0.05, 0) is 17.7 Å². The number of esters is 1. The highest BCUT2D eigenvalue weighted by Crippen LogP contribution is 2.40. The monoisotopic (exact) mass is 453 g/mol. The van der Waals surface area contributed by atoms with E-state index in [-0.39, 0.29) is 50.8 Å². The zero-order valence-corrected chi connectivity index (χ0v) is 18.0. The largest absolute Gasteiger partial charge is 0.457 e. The van der Waals surface area contributed by atoms with E-state index in [4.69, 9.17) is 4.74 Å². The first-order valence-corrected chi connectivity index (χ1v) is 10.2. The topological polar surface area (TPSA) is 125 Å². The van der Waals surface area contributed by atoms with Crippen LogP contribution in [0.15, 0.2) is 42.5 Å². The number of hydrogen-bond acceptors (Lipinski definition) is 7. The van der Waals surface area contributed by atoms with Crippen molar-refractivity contribution in [2.24, 2.45) is 0 Å². The van der Waals surface area contributed by atoms with E-state index in [0.717, 1.165) is 9.80 Å². The van der Waals surface area contributed by atoms with Crippen molar-refractivity contribution >= 4 is 40.4 Å². The number of benzene rings is 3. The molecule has 0 aliphatic carbocycles. The van der Waals surface area contributed by atoms with Gasteiger partial charge in [0.15, 0.2) is 0 Å². The Morgan fingerprint density at radius 2 is 1.41 bits per heavy atom. The lowest BCUT2D eigenvalue weighted by molar-refractivity contribution is 0.0464. The lowest BCUT2D eigenvalue weighted by Crippen LogP contribution is -2.42. The minimum atomic E-state index is -0.864. The van der Waals surface area contributed by atoms with Crippen molar-refractivity contribution in [2.75, 3.05) is 14.1 Å². The van der Waals surface area contributed by atoms with Gasteiger partial charge in [-0.2, -0.15) is 5.26 Å². The zero-order valence-electron chi connectivity index (χ0n) is 18.0. The molecule has 2 aliphatic heterocycles. The summed E-state index contributed by atoms with van der Waals surface area (Å²) in [6, 6.07) is 13.2. The lowest BCUT2D eigenvalue weighted by atomic mass is 9.81. The molecule has 166 valence electrons. The van der Waals surface area contributed by atoms with Crippen molar-refractivity contribution in [1.82, 2.24) is 9.80 Å². The minimum absolute atomic E-state index is 0.000983. The second-order valence-electron chi connectivity index (χ2n) is 7.96. The van der Waals surface area contributed by atoms with Gasteiger partial charge in [-0.25, -0.2) is 4.79 Å². The van der Waals surface area contributed by atoms with E-state index in [9.17, 15) is 29.2 Å². The van der Waals surface area contributed by atoms with E-state index in [0.29, 0.717) is 5.56 Å². The molecular weight excluding hydrogens is 438 g/mol. The number of nitrogens with zero attached hydrogens (tertiary/aromatic N) is 3. The number of rotatable bonds is 3. The van der Waals surface area contributed by atoms with Crippen LogP contribution in [-0.4, -0.2) is 53.5 Å². The van der Waals surface area contributed by atoms with Gasteiger partial charge in [0.05, 0.1) is 27.8 Å². The number of hydrogen-bond donors (Lipinski definition) is 0. The molecule has 5 rings (SSSR count). The van der Waals surface area contributed by atoms with Crippen LogP contribution in [-0.2, 0) is 11.3 Å². The Balaban J connectivity index is 1.82. The standard InChI is InChI=1S/C25H15N3O6/c1-27-22(30)15-9-16(25(33)34-11-12-6-4-3-5-7-12)20-19-14(21(29)28(2)24(20)32)8-13(10-26)17(18(15)19)23(27)31/h3-9H,11H2,1-2H3. The van der Waals surface area contributed by atoms with Gasteiger partial charge in [-0.1, -0.05) is 30.3 Å². The number of amides is 4.